The van der Waals surface area contributed by atoms with E-state index >= 15 is 0 Å². The maximum atomic E-state index is 14.0. The van der Waals surface area contributed by atoms with E-state index in [9.17, 15) is 22.0 Å². The number of benzene rings is 1. The van der Waals surface area contributed by atoms with Crippen molar-refractivity contribution >= 4 is 15.9 Å². The lowest BCUT2D eigenvalue weighted by Crippen LogP contribution is -2.57. The molecule has 4 rings (SSSR count). The first-order valence-electron chi connectivity index (χ1n) is 8.22. The van der Waals surface area contributed by atoms with Gasteiger partial charge < -0.3 is 4.90 Å². The molecule has 2 atom stereocenters. The second kappa shape index (κ2) is 6.20. The van der Waals surface area contributed by atoms with Crippen molar-refractivity contribution in [3.8, 4) is 0 Å². The fraction of sp³-hybridized carbons (Fsp3) is 0.438. The Kier molecular flexibility index (Phi) is 4.11. The number of amides is 1. The van der Waals surface area contributed by atoms with Gasteiger partial charge in [-0.15, -0.1) is 0 Å². The number of hydrogen-bond acceptors (Lipinski definition) is 5. The van der Waals surface area contributed by atoms with E-state index in [4.69, 9.17) is 0 Å². The van der Waals surface area contributed by atoms with Gasteiger partial charge in [-0.25, -0.2) is 17.2 Å². The summed E-state index contributed by atoms with van der Waals surface area (Å²) in [6.45, 7) is 0.580. The third-order valence-corrected chi connectivity index (χ3v) is 7.03. The van der Waals surface area contributed by atoms with E-state index in [0.717, 1.165) is 18.2 Å². The van der Waals surface area contributed by atoms with Gasteiger partial charge in [0.2, 0.25) is 10.0 Å². The van der Waals surface area contributed by atoms with Crippen molar-refractivity contribution in [3.63, 3.8) is 0 Å². The number of fused-ring (bicyclic) bond motifs is 2. The molecular weight excluding hydrogens is 366 g/mol. The van der Waals surface area contributed by atoms with Crippen LogP contribution in [-0.2, 0) is 14.8 Å². The van der Waals surface area contributed by atoms with E-state index in [1.165, 1.54) is 10.5 Å². The smallest absolute Gasteiger partial charge is 0.253 e. The molecule has 2 bridgehead atoms. The summed E-state index contributed by atoms with van der Waals surface area (Å²) in [6.07, 6.45) is 2.48. The van der Waals surface area contributed by atoms with Crippen molar-refractivity contribution in [3.05, 3.63) is 41.6 Å². The first-order valence-corrected chi connectivity index (χ1v) is 9.66. The minimum Gasteiger partial charge on any atom is -0.336 e. The van der Waals surface area contributed by atoms with Crippen LogP contribution in [0.15, 0.2) is 45.1 Å². The maximum absolute atomic E-state index is 14.0. The van der Waals surface area contributed by atoms with Crippen molar-refractivity contribution < 1.29 is 22.0 Å². The number of azo groups is 1. The van der Waals surface area contributed by atoms with Gasteiger partial charge in [-0.1, -0.05) is 6.07 Å². The van der Waals surface area contributed by atoms with Crippen LogP contribution in [0.5, 0.6) is 0 Å². The molecule has 1 aromatic rings. The average Bonchev–Trinajstić information content (AvgIpc) is 3.21. The van der Waals surface area contributed by atoms with Crippen molar-refractivity contribution in [1.29, 1.82) is 0 Å². The average molecular weight is 382 g/mol. The number of carbonyl (C=O) groups excluding carboxylic acids is 1. The number of rotatable bonds is 3. The first-order chi connectivity index (χ1) is 12.4. The van der Waals surface area contributed by atoms with Crippen LogP contribution in [0.3, 0.4) is 0 Å². The largest absolute Gasteiger partial charge is 0.336 e. The Morgan fingerprint density at radius 1 is 1.12 bits per heavy atom. The molecule has 0 spiro atoms. The highest BCUT2D eigenvalue weighted by molar-refractivity contribution is 7.89. The van der Waals surface area contributed by atoms with Gasteiger partial charge in [0.25, 0.3) is 5.91 Å². The molecule has 1 aromatic carbocycles. The Balaban J connectivity index is 1.61. The van der Waals surface area contributed by atoms with Crippen LogP contribution in [0.1, 0.15) is 12.8 Å². The molecule has 0 radical (unpaired) electrons. The number of sulfonamides is 1. The second-order valence-corrected chi connectivity index (χ2v) is 8.33. The zero-order valence-electron chi connectivity index (χ0n) is 13.7. The number of hydrogen-bond donors (Lipinski definition) is 0. The highest BCUT2D eigenvalue weighted by Crippen LogP contribution is 2.37. The number of likely N-dealkylation sites (tertiary alicyclic amines) is 1. The molecule has 26 heavy (non-hydrogen) atoms. The van der Waals surface area contributed by atoms with Crippen LogP contribution in [0.2, 0.25) is 0 Å². The predicted octanol–water partition coefficient (Wildman–Crippen LogP) is 1.68. The minimum atomic E-state index is -4.33. The Morgan fingerprint density at radius 2 is 1.73 bits per heavy atom. The molecule has 7 nitrogen and oxygen atoms in total. The SMILES string of the molecule is O=C(C1=CN=NC1)N1CC2CCC(C1)N2S(=O)(=O)c1c(F)cccc1F. The fourth-order valence-corrected chi connectivity index (χ4v) is 5.82. The molecule has 0 N–H and O–H groups in total. The summed E-state index contributed by atoms with van der Waals surface area (Å²) in [5.74, 6) is -2.44. The Labute approximate surface area is 149 Å². The molecule has 2 unspecified atom stereocenters. The summed E-state index contributed by atoms with van der Waals surface area (Å²) in [4.78, 5) is 13.2. The van der Waals surface area contributed by atoms with Crippen molar-refractivity contribution in [2.45, 2.75) is 29.8 Å². The zero-order valence-corrected chi connectivity index (χ0v) is 14.5. The van der Waals surface area contributed by atoms with Crippen LogP contribution in [-0.4, -0.2) is 55.2 Å². The lowest BCUT2D eigenvalue weighted by Gasteiger charge is -2.40. The molecule has 2 fully saturated rings. The first kappa shape index (κ1) is 17.2. The standard InChI is InChI=1S/C16H16F2N4O3S/c17-13-2-1-3-14(18)15(13)26(24,25)22-11-4-5-12(22)9-21(8-11)16(23)10-6-19-20-7-10/h1-3,6,11-12H,4-5,7-9H2. The second-order valence-electron chi connectivity index (χ2n) is 6.55. The van der Waals surface area contributed by atoms with E-state index < -0.39 is 38.6 Å². The van der Waals surface area contributed by atoms with Gasteiger partial charge in [-0.2, -0.15) is 14.5 Å². The molecule has 10 heteroatoms. The third-order valence-electron chi connectivity index (χ3n) is 4.97. The van der Waals surface area contributed by atoms with Crippen molar-refractivity contribution in [1.82, 2.24) is 9.21 Å². The molecule has 3 aliphatic rings. The van der Waals surface area contributed by atoms with Crippen LogP contribution < -0.4 is 0 Å². The molecule has 0 saturated carbocycles. The van der Waals surface area contributed by atoms with Gasteiger partial charge in [0.15, 0.2) is 4.90 Å². The minimum absolute atomic E-state index is 0.183. The Hall–Kier alpha value is -2.20. The Bertz CT molecular complexity index is 897. The van der Waals surface area contributed by atoms with Gasteiger partial charge in [0.05, 0.1) is 18.3 Å². The highest BCUT2D eigenvalue weighted by atomic mass is 32.2. The van der Waals surface area contributed by atoms with Crippen LogP contribution in [0.25, 0.3) is 0 Å². The molecule has 2 saturated heterocycles. The monoisotopic (exact) mass is 382 g/mol. The topological polar surface area (TPSA) is 82.4 Å². The highest BCUT2D eigenvalue weighted by Gasteiger charge is 2.49. The predicted molar refractivity (Wildman–Crippen MR) is 86.6 cm³/mol. The van der Waals surface area contributed by atoms with E-state index in [-0.39, 0.29) is 25.5 Å². The van der Waals surface area contributed by atoms with E-state index in [1.807, 2.05) is 0 Å². The fourth-order valence-electron chi connectivity index (χ4n) is 3.85. The number of nitrogens with zero attached hydrogens (tertiary/aromatic N) is 4. The number of halogens is 2. The maximum Gasteiger partial charge on any atom is 0.253 e. The summed E-state index contributed by atoms with van der Waals surface area (Å²) < 4.78 is 55.1. The molecular formula is C16H16F2N4O3S. The molecule has 1 amide bonds. The van der Waals surface area contributed by atoms with Crippen LogP contribution in [0.4, 0.5) is 8.78 Å². The van der Waals surface area contributed by atoms with Gasteiger partial charge >= 0.3 is 0 Å². The molecule has 0 aromatic heterocycles. The van der Waals surface area contributed by atoms with Gasteiger partial charge in [-0.3, -0.25) is 4.79 Å². The normalized spacial score (nSPS) is 25.6. The number of piperazine rings is 1. The molecule has 3 aliphatic heterocycles. The van der Waals surface area contributed by atoms with E-state index in [2.05, 4.69) is 10.2 Å². The summed E-state index contributed by atoms with van der Waals surface area (Å²) in [5.41, 5.74) is 0.459. The van der Waals surface area contributed by atoms with E-state index in [1.54, 1.807) is 4.90 Å². The van der Waals surface area contributed by atoms with Crippen molar-refractivity contribution in [2.24, 2.45) is 10.2 Å². The third kappa shape index (κ3) is 2.64. The van der Waals surface area contributed by atoms with Gasteiger partial charge in [0, 0.05) is 25.2 Å². The molecule has 0 aliphatic carbocycles. The Morgan fingerprint density at radius 3 is 2.27 bits per heavy atom. The molecule has 3 heterocycles. The van der Waals surface area contributed by atoms with Crippen LogP contribution in [0, 0.1) is 11.6 Å². The lowest BCUT2D eigenvalue weighted by molar-refractivity contribution is -0.129. The van der Waals surface area contributed by atoms with Gasteiger partial charge in [0.1, 0.15) is 11.6 Å². The lowest BCUT2D eigenvalue weighted by atomic mass is 10.2. The number of carbonyl (C=O) groups is 1. The molecule has 138 valence electrons. The quantitative estimate of drug-likeness (QED) is 0.798. The van der Waals surface area contributed by atoms with Crippen molar-refractivity contribution in [2.75, 3.05) is 19.6 Å². The zero-order chi connectivity index (χ0) is 18.5. The summed E-state index contributed by atoms with van der Waals surface area (Å²) >= 11 is 0. The van der Waals surface area contributed by atoms with Gasteiger partial charge in [-0.05, 0) is 25.0 Å². The summed E-state index contributed by atoms with van der Waals surface area (Å²) in [5, 5.41) is 7.42. The summed E-state index contributed by atoms with van der Waals surface area (Å²) in [7, 11) is -4.33. The van der Waals surface area contributed by atoms with Crippen LogP contribution >= 0.6 is 0 Å². The van der Waals surface area contributed by atoms with E-state index in [0.29, 0.717) is 18.4 Å². The summed E-state index contributed by atoms with van der Waals surface area (Å²) in [6, 6.07) is 1.98.